The van der Waals surface area contributed by atoms with Gasteiger partial charge in [-0.3, -0.25) is 0 Å². The van der Waals surface area contributed by atoms with Gasteiger partial charge in [0.15, 0.2) is 0 Å². The van der Waals surface area contributed by atoms with Crippen molar-refractivity contribution < 1.29 is 39.5 Å². The van der Waals surface area contributed by atoms with Crippen LogP contribution in [0.3, 0.4) is 0 Å². The molecule has 0 saturated heterocycles. The maximum atomic E-state index is 14.2. The highest BCUT2D eigenvalue weighted by Gasteiger charge is 2.42. The first-order valence-electron chi connectivity index (χ1n) is 16.8. The van der Waals surface area contributed by atoms with Gasteiger partial charge in [-0.25, -0.2) is 0 Å². The lowest BCUT2D eigenvalue weighted by Crippen LogP contribution is -2.31. The second-order valence-electron chi connectivity index (χ2n) is 13.2. The minimum absolute atomic E-state index is 0.0726. The van der Waals surface area contributed by atoms with Crippen molar-refractivity contribution in [3.8, 4) is 0 Å². The van der Waals surface area contributed by atoms with Gasteiger partial charge in [0.2, 0.25) is 0 Å². The second kappa shape index (κ2) is 15.0. The van der Waals surface area contributed by atoms with Crippen molar-refractivity contribution in [2.45, 2.75) is 63.2 Å². The first-order valence-corrected chi connectivity index (χ1v) is 19.5. The van der Waals surface area contributed by atoms with Gasteiger partial charge in [-0.2, -0.15) is 39.5 Å². The van der Waals surface area contributed by atoms with Crippen LogP contribution in [-0.2, 0) is 18.5 Å². The summed E-state index contributed by atoms with van der Waals surface area (Å²) in [6, 6.07) is 32.9. The van der Waals surface area contributed by atoms with Gasteiger partial charge in [0.25, 0.3) is 0 Å². The molecule has 272 valence electrons. The molecule has 0 heterocycles. The summed E-state index contributed by atoms with van der Waals surface area (Å²) in [4.78, 5) is 0. The molecule has 5 aromatic carbocycles. The Kier molecular flexibility index (Phi) is 11.0. The van der Waals surface area contributed by atoms with E-state index in [1.54, 1.807) is 6.92 Å². The van der Waals surface area contributed by atoms with Crippen LogP contribution < -0.4 is 26.5 Å². The largest absolute Gasteiger partial charge is 0.416 e. The van der Waals surface area contributed by atoms with Gasteiger partial charge in [0.05, 0.1) is 16.7 Å². The van der Waals surface area contributed by atoms with Gasteiger partial charge >= 0.3 is 18.5 Å². The molecule has 5 aromatic rings. The number of rotatable bonds is 8. The zero-order valence-electron chi connectivity index (χ0n) is 28.2. The Morgan fingerprint density at radius 1 is 0.538 bits per heavy atom. The first-order chi connectivity index (χ1) is 24.5. The molecule has 0 amide bonds. The predicted molar refractivity (Wildman–Crippen MR) is 194 cm³/mol. The summed E-state index contributed by atoms with van der Waals surface area (Å²) in [6.07, 6.45) is -12.9. The van der Waals surface area contributed by atoms with Crippen LogP contribution >= 0.6 is 15.8 Å². The molecule has 0 bridgehead atoms. The van der Waals surface area contributed by atoms with Gasteiger partial charge in [-0.15, -0.1) is 0 Å². The van der Waals surface area contributed by atoms with Crippen molar-refractivity contribution in [3.63, 3.8) is 0 Å². The fourth-order valence-corrected chi connectivity index (χ4v) is 13.2. The van der Waals surface area contributed by atoms with E-state index in [0.29, 0.717) is 18.6 Å². The maximum absolute atomic E-state index is 14.2. The van der Waals surface area contributed by atoms with Crippen molar-refractivity contribution in [1.82, 2.24) is 0 Å². The standard InChI is InChI=1S/C41H35F9P2/c1-26-20-28(39(42,43)44)23-33(21-26)51(34-24-29(40(45,46)47)22-30(25-34)41(48,49)50)27(2)35-17-11-18-36(35)37-16-9-10-19-38(37)52(31-12-5-3-6-13-31)32-14-7-4-8-15-32/h3-10,12-16,19-25,27,35-36H,11,17-18H2,1-2H3/t27-,35?,36?,51?/m0/s1. The zero-order chi connectivity index (χ0) is 37.4. The smallest absolute Gasteiger partial charge is 0.166 e. The van der Waals surface area contributed by atoms with Crippen LogP contribution in [-0.4, -0.2) is 5.66 Å². The number of hydrogen-bond donors (Lipinski definition) is 0. The third-order valence-corrected chi connectivity index (χ3v) is 15.1. The van der Waals surface area contributed by atoms with Crippen molar-refractivity contribution >= 4 is 42.4 Å². The predicted octanol–water partition coefficient (Wildman–Crippen LogP) is 11.2. The summed E-state index contributed by atoms with van der Waals surface area (Å²) in [7, 11) is -3.20. The highest BCUT2D eigenvalue weighted by Crippen LogP contribution is 2.54. The van der Waals surface area contributed by atoms with Crippen molar-refractivity contribution in [2.24, 2.45) is 5.92 Å². The lowest BCUT2D eigenvalue weighted by molar-refractivity contribution is -0.143. The van der Waals surface area contributed by atoms with Crippen molar-refractivity contribution in [3.05, 3.63) is 149 Å². The molecular formula is C41H35F9P2. The average molecular weight is 761 g/mol. The third kappa shape index (κ3) is 8.26. The highest BCUT2D eigenvalue weighted by molar-refractivity contribution is 7.80. The van der Waals surface area contributed by atoms with Crippen LogP contribution in [0.15, 0.2) is 121 Å². The fourth-order valence-electron chi connectivity index (χ4n) is 7.49. The van der Waals surface area contributed by atoms with E-state index in [2.05, 4.69) is 36.4 Å². The summed E-state index contributed by atoms with van der Waals surface area (Å²) in [5.41, 5.74) is -3.27. The summed E-state index contributed by atoms with van der Waals surface area (Å²) in [5, 5.41) is 3.17. The summed E-state index contributed by atoms with van der Waals surface area (Å²) >= 11 is 0. The van der Waals surface area contributed by atoms with Gasteiger partial charge in [0.1, 0.15) is 0 Å². The van der Waals surface area contributed by atoms with E-state index in [1.807, 2.05) is 48.5 Å². The van der Waals surface area contributed by atoms with Crippen LogP contribution in [0.5, 0.6) is 0 Å². The molecule has 4 atom stereocenters. The Labute approximate surface area is 299 Å². The molecule has 1 saturated carbocycles. The second-order valence-corrected chi connectivity index (χ2v) is 18.0. The van der Waals surface area contributed by atoms with E-state index in [-0.39, 0.29) is 34.1 Å². The summed E-state index contributed by atoms with van der Waals surface area (Å²) in [5.74, 6) is -0.372. The monoisotopic (exact) mass is 760 g/mol. The molecule has 1 aliphatic rings. The molecule has 0 spiro atoms. The van der Waals surface area contributed by atoms with E-state index in [0.717, 1.165) is 46.5 Å². The molecular weight excluding hydrogens is 725 g/mol. The Balaban J connectivity index is 1.52. The lowest BCUT2D eigenvalue weighted by atomic mass is 9.87. The quantitative estimate of drug-likeness (QED) is 0.109. The van der Waals surface area contributed by atoms with E-state index in [9.17, 15) is 39.5 Å². The summed E-state index contributed by atoms with van der Waals surface area (Å²) < 4.78 is 127. The molecule has 0 N–H and O–H groups in total. The number of aryl methyl sites for hydroxylation is 1. The van der Waals surface area contributed by atoms with Crippen LogP contribution in [0.4, 0.5) is 39.5 Å². The molecule has 1 aliphatic carbocycles. The van der Waals surface area contributed by atoms with Gasteiger partial charge in [0, 0.05) is 0 Å². The number of alkyl halides is 9. The van der Waals surface area contributed by atoms with E-state index in [4.69, 9.17) is 0 Å². The molecule has 6 rings (SSSR count). The normalized spacial score (nSPS) is 18.1. The Hall–Kier alpha value is -3.67. The number of hydrogen-bond acceptors (Lipinski definition) is 0. The third-order valence-electron chi connectivity index (χ3n) is 9.72. The van der Waals surface area contributed by atoms with Crippen molar-refractivity contribution in [1.29, 1.82) is 0 Å². The molecule has 0 nitrogen and oxygen atoms in total. The van der Waals surface area contributed by atoms with Crippen molar-refractivity contribution in [2.75, 3.05) is 0 Å². The number of benzene rings is 5. The Morgan fingerprint density at radius 3 is 1.52 bits per heavy atom. The minimum Gasteiger partial charge on any atom is -0.166 e. The molecule has 52 heavy (non-hydrogen) atoms. The number of halogens is 9. The van der Waals surface area contributed by atoms with Crippen LogP contribution in [0.1, 0.15) is 59.9 Å². The molecule has 1 fully saturated rings. The summed E-state index contributed by atoms with van der Waals surface area (Å²) in [6.45, 7) is 3.24. The molecule has 11 heteroatoms. The maximum Gasteiger partial charge on any atom is 0.416 e. The Bertz CT molecular complexity index is 1910. The average Bonchev–Trinajstić information content (AvgIpc) is 3.58. The molecule has 0 aliphatic heterocycles. The fraction of sp³-hybridized carbons (Fsp3) is 0.268. The van der Waals surface area contributed by atoms with E-state index >= 15 is 0 Å². The van der Waals surface area contributed by atoms with E-state index < -0.39 is 56.7 Å². The lowest BCUT2D eigenvalue weighted by Gasteiger charge is -2.36. The van der Waals surface area contributed by atoms with Gasteiger partial charge in [-0.1, -0.05) is 104 Å². The molecule has 0 radical (unpaired) electrons. The molecule has 3 unspecified atom stereocenters. The van der Waals surface area contributed by atoms with Gasteiger partial charge in [-0.05, 0) is 121 Å². The van der Waals surface area contributed by atoms with Crippen LogP contribution in [0.25, 0.3) is 0 Å². The first kappa shape index (κ1) is 38.1. The highest BCUT2D eigenvalue weighted by atomic mass is 31.1. The SMILES string of the molecule is Cc1cc(P(c2cc(C(F)(F)F)cc(C(F)(F)F)c2)[C@@H](C)C2CCCC2c2ccccc2P(c2ccccc2)c2ccccc2)cc(C(F)(F)F)c1. The van der Waals surface area contributed by atoms with Crippen LogP contribution in [0, 0.1) is 12.8 Å². The van der Waals surface area contributed by atoms with E-state index in [1.165, 1.54) is 13.0 Å². The van der Waals surface area contributed by atoms with Gasteiger partial charge < -0.3 is 0 Å². The topological polar surface area (TPSA) is 0 Å². The zero-order valence-corrected chi connectivity index (χ0v) is 30.0. The Morgan fingerprint density at radius 2 is 1.00 bits per heavy atom. The molecule has 0 aromatic heterocycles. The van der Waals surface area contributed by atoms with Crippen LogP contribution in [0.2, 0.25) is 0 Å². The minimum atomic E-state index is -5.11.